The lowest BCUT2D eigenvalue weighted by atomic mass is 10.1. The van der Waals surface area contributed by atoms with E-state index >= 15 is 0 Å². The fraction of sp³-hybridized carbons (Fsp3) is 0.370. The normalized spacial score (nSPS) is 11.9. The average molecular weight is 464 g/mol. The average Bonchev–Trinajstić information content (AvgIpc) is 3.15. The first-order valence-electron chi connectivity index (χ1n) is 11.4. The summed E-state index contributed by atoms with van der Waals surface area (Å²) in [6.45, 7) is 4.30. The van der Waals surface area contributed by atoms with Gasteiger partial charge in [0.2, 0.25) is 5.88 Å². The molecule has 1 aromatic heterocycles. The summed E-state index contributed by atoms with van der Waals surface area (Å²) in [4.78, 5) is 2.19. The van der Waals surface area contributed by atoms with Crippen molar-refractivity contribution >= 4 is 0 Å². The second kappa shape index (κ2) is 12.8. The molecule has 1 atom stereocenters. The third-order valence-corrected chi connectivity index (χ3v) is 5.30. The van der Waals surface area contributed by atoms with Crippen LogP contribution >= 0.6 is 0 Å². The number of ether oxygens (including phenoxy) is 3. The van der Waals surface area contributed by atoms with Crippen molar-refractivity contribution in [2.75, 3.05) is 33.4 Å². The third-order valence-electron chi connectivity index (χ3n) is 5.30. The first-order valence-corrected chi connectivity index (χ1v) is 11.4. The lowest BCUT2D eigenvalue weighted by molar-refractivity contribution is 0.0260. The maximum Gasteiger partial charge on any atom is 0.222 e. The van der Waals surface area contributed by atoms with Crippen LogP contribution in [0.25, 0.3) is 11.3 Å². The number of aliphatic hydroxyl groups is 1. The van der Waals surface area contributed by atoms with Gasteiger partial charge in [-0.3, -0.25) is 4.90 Å². The molecule has 7 nitrogen and oxygen atoms in total. The molecule has 0 bridgehead atoms. The lowest BCUT2D eigenvalue weighted by Crippen LogP contribution is -2.35. The zero-order valence-electron chi connectivity index (χ0n) is 20.1. The molecule has 3 rings (SSSR count). The quantitative estimate of drug-likeness (QED) is 0.304. The third kappa shape index (κ3) is 6.84. The van der Waals surface area contributed by atoms with Crippen LogP contribution < -0.4 is 9.47 Å². The number of methoxy groups -OCH3 is 1. The molecule has 1 heterocycles. The number of terminal acetylenes is 1. The summed E-state index contributed by atoms with van der Waals surface area (Å²) in [5.41, 5.74) is 2.81. The van der Waals surface area contributed by atoms with Gasteiger partial charge in [0, 0.05) is 25.7 Å². The highest BCUT2D eigenvalue weighted by atomic mass is 16.5. The fourth-order valence-corrected chi connectivity index (χ4v) is 3.79. The van der Waals surface area contributed by atoms with E-state index in [-0.39, 0.29) is 13.2 Å². The number of aryl methyl sites for hydroxylation is 1. The van der Waals surface area contributed by atoms with Gasteiger partial charge < -0.3 is 19.3 Å². The Bertz CT molecular complexity index is 1060. The second-order valence-corrected chi connectivity index (χ2v) is 8.01. The molecule has 2 aromatic carbocycles. The highest BCUT2D eigenvalue weighted by Gasteiger charge is 2.23. The van der Waals surface area contributed by atoms with E-state index in [1.807, 2.05) is 61.6 Å². The number of benzene rings is 2. The van der Waals surface area contributed by atoms with E-state index < -0.39 is 6.10 Å². The SMILES string of the molecule is C#CCOC[C@@H](O)CN(CCC)Cc1c(-c2ccccc2)nn(C)c1Oc1ccc(OC)cc1. The maximum atomic E-state index is 10.5. The van der Waals surface area contributed by atoms with Crippen molar-refractivity contribution < 1.29 is 19.3 Å². The van der Waals surface area contributed by atoms with Crippen molar-refractivity contribution in [3.8, 4) is 41.0 Å². The Balaban J connectivity index is 1.92. The second-order valence-electron chi connectivity index (χ2n) is 8.01. The Morgan fingerprint density at radius 2 is 1.82 bits per heavy atom. The Labute approximate surface area is 201 Å². The minimum absolute atomic E-state index is 0.186. The van der Waals surface area contributed by atoms with Crippen LogP contribution in [0.3, 0.4) is 0 Å². The Hall–Kier alpha value is -3.31. The molecule has 0 fully saturated rings. The molecule has 0 saturated carbocycles. The van der Waals surface area contributed by atoms with Crippen LogP contribution in [0.1, 0.15) is 18.9 Å². The molecule has 1 N–H and O–H groups in total. The van der Waals surface area contributed by atoms with Crippen molar-refractivity contribution in [2.45, 2.75) is 26.0 Å². The molecule has 0 amide bonds. The van der Waals surface area contributed by atoms with E-state index in [2.05, 4.69) is 17.7 Å². The Morgan fingerprint density at radius 3 is 2.47 bits per heavy atom. The van der Waals surface area contributed by atoms with Crippen LogP contribution in [0, 0.1) is 12.3 Å². The van der Waals surface area contributed by atoms with Crippen LogP contribution in [0.5, 0.6) is 17.4 Å². The summed E-state index contributed by atoms with van der Waals surface area (Å²) >= 11 is 0. The molecule has 7 heteroatoms. The van der Waals surface area contributed by atoms with Gasteiger partial charge in [-0.1, -0.05) is 43.2 Å². The molecule has 34 heavy (non-hydrogen) atoms. The van der Waals surface area contributed by atoms with Crippen LogP contribution in [0.15, 0.2) is 54.6 Å². The molecular formula is C27H33N3O4. The molecular weight excluding hydrogens is 430 g/mol. The van der Waals surface area contributed by atoms with Gasteiger partial charge >= 0.3 is 0 Å². The van der Waals surface area contributed by atoms with Gasteiger partial charge in [0.15, 0.2) is 0 Å². The monoisotopic (exact) mass is 463 g/mol. The van der Waals surface area contributed by atoms with Gasteiger partial charge in [0.1, 0.15) is 23.8 Å². The Kier molecular flexibility index (Phi) is 9.53. The maximum absolute atomic E-state index is 10.5. The van der Waals surface area contributed by atoms with Crippen LogP contribution in [0.4, 0.5) is 0 Å². The summed E-state index contributed by atoms with van der Waals surface area (Å²) in [7, 11) is 3.51. The topological polar surface area (TPSA) is 69.0 Å². The van der Waals surface area contributed by atoms with Gasteiger partial charge in [0.05, 0.1) is 25.4 Å². The molecule has 180 valence electrons. The van der Waals surface area contributed by atoms with Gasteiger partial charge in [0.25, 0.3) is 0 Å². The summed E-state index contributed by atoms with van der Waals surface area (Å²) in [5.74, 6) is 4.53. The minimum atomic E-state index is -0.650. The molecule has 0 unspecified atom stereocenters. The van der Waals surface area contributed by atoms with Crippen molar-refractivity contribution in [1.82, 2.24) is 14.7 Å². The van der Waals surface area contributed by atoms with Crippen molar-refractivity contribution in [3.05, 3.63) is 60.2 Å². The smallest absolute Gasteiger partial charge is 0.222 e. The summed E-state index contributed by atoms with van der Waals surface area (Å²) < 4.78 is 18.7. The Morgan fingerprint density at radius 1 is 1.12 bits per heavy atom. The van der Waals surface area contributed by atoms with Gasteiger partial charge in [-0.2, -0.15) is 5.10 Å². The van der Waals surface area contributed by atoms with Crippen molar-refractivity contribution in [2.24, 2.45) is 7.05 Å². The van der Waals surface area contributed by atoms with Gasteiger partial charge in [-0.15, -0.1) is 6.42 Å². The standard InChI is InChI=1S/C27H33N3O4/c1-5-16-30(18-22(31)20-33-17-6-2)19-25-26(21-10-8-7-9-11-21)28-29(3)27(25)34-24-14-12-23(32-4)13-15-24/h2,7-15,22,31H,5,16-20H2,1,3-4H3/t22-/m0/s1. The zero-order valence-corrected chi connectivity index (χ0v) is 20.1. The fourth-order valence-electron chi connectivity index (χ4n) is 3.79. The molecule has 0 aliphatic rings. The molecule has 0 aliphatic carbocycles. The number of rotatable bonds is 13. The first-order chi connectivity index (χ1) is 16.5. The highest BCUT2D eigenvalue weighted by Crippen LogP contribution is 2.34. The van der Waals surface area contributed by atoms with E-state index in [1.54, 1.807) is 11.8 Å². The first kappa shape index (κ1) is 25.3. The van der Waals surface area contributed by atoms with E-state index in [4.69, 9.17) is 25.7 Å². The van der Waals surface area contributed by atoms with Gasteiger partial charge in [-0.05, 0) is 37.2 Å². The molecule has 0 saturated heterocycles. The predicted octanol–water partition coefficient (Wildman–Crippen LogP) is 4.11. The van der Waals surface area contributed by atoms with E-state index in [1.165, 1.54) is 0 Å². The van der Waals surface area contributed by atoms with Crippen molar-refractivity contribution in [3.63, 3.8) is 0 Å². The molecule has 0 spiro atoms. The zero-order chi connectivity index (χ0) is 24.3. The van der Waals surface area contributed by atoms with E-state index in [0.717, 1.165) is 35.5 Å². The van der Waals surface area contributed by atoms with Crippen molar-refractivity contribution in [1.29, 1.82) is 0 Å². The van der Waals surface area contributed by atoms with Crippen LogP contribution in [-0.4, -0.2) is 59.3 Å². The number of aromatic nitrogens is 2. The number of aliphatic hydroxyl groups excluding tert-OH is 1. The van der Waals surface area contributed by atoms with E-state index in [0.29, 0.717) is 24.7 Å². The number of hydrogen-bond acceptors (Lipinski definition) is 6. The summed E-state index contributed by atoms with van der Waals surface area (Å²) in [6.07, 6.45) is 5.53. The lowest BCUT2D eigenvalue weighted by Gasteiger charge is -2.25. The minimum Gasteiger partial charge on any atom is -0.497 e. The number of nitrogens with zero attached hydrogens (tertiary/aromatic N) is 3. The summed E-state index contributed by atoms with van der Waals surface area (Å²) in [5, 5.41) is 15.3. The highest BCUT2D eigenvalue weighted by molar-refractivity contribution is 5.65. The van der Waals surface area contributed by atoms with Gasteiger partial charge in [-0.25, -0.2) is 4.68 Å². The van der Waals surface area contributed by atoms with Crippen LogP contribution in [0.2, 0.25) is 0 Å². The van der Waals surface area contributed by atoms with E-state index in [9.17, 15) is 5.11 Å². The number of hydrogen-bond donors (Lipinski definition) is 1. The summed E-state index contributed by atoms with van der Waals surface area (Å²) in [6, 6.07) is 17.5. The molecule has 3 aromatic rings. The molecule has 0 aliphatic heterocycles. The molecule has 0 radical (unpaired) electrons. The largest absolute Gasteiger partial charge is 0.497 e. The predicted molar refractivity (Wildman–Crippen MR) is 133 cm³/mol. The van der Waals surface area contributed by atoms with Crippen LogP contribution in [-0.2, 0) is 18.3 Å².